The Balaban J connectivity index is 1.68. The molecule has 8 heteroatoms. The van der Waals surface area contributed by atoms with Gasteiger partial charge in [0.25, 0.3) is 0 Å². The van der Waals surface area contributed by atoms with E-state index in [1.165, 1.54) is 4.31 Å². The summed E-state index contributed by atoms with van der Waals surface area (Å²) in [5.74, 6) is 0. The van der Waals surface area contributed by atoms with Gasteiger partial charge in [0, 0.05) is 18.3 Å². The lowest BCUT2D eigenvalue weighted by Crippen LogP contribution is -2.40. The van der Waals surface area contributed by atoms with Crippen LogP contribution >= 0.6 is 11.8 Å². The number of ether oxygens (including phenoxy) is 1. The second-order valence-electron chi connectivity index (χ2n) is 7.30. The van der Waals surface area contributed by atoms with Crippen LogP contribution in [0.1, 0.15) is 19.4 Å². The number of benzene rings is 2. The number of hydrogen-bond acceptors (Lipinski definition) is 5. The van der Waals surface area contributed by atoms with Crippen molar-refractivity contribution in [1.82, 2.24) is 13.9 Å². The first-order valence-corrected chi connectivity index (χ1v) is 12.1. The lowest BCUT2D eigenvalue weighted by Gasteiger charge is -2.26. The summed E-state index contributed by atoms with van der Waals surface area (Å²) in [7, 11) is -3.51. The Morgan fingerprint density at radius 1 is 1.10 bits per heavy atom. The first-order chi connectivity index (χ1) is 13.9. The van der Waals surface area contributed by atoms with E-state index in [9.17, 15) is 8.42 Å². The van der Waals surface area contributed by atoms with Crippen molar-refractivity contribution in [1.29, 1.82) is 0 Å². The van der Waals surface area contributed by atoms with E-state index < -0.39 is 10.0 Å². The summed E-state index contributed by atoms with van der Waals surface area (Å²) in [6, 6.07) is 15.3. The Labute approximate surface area is 175 Å². The molecule has 4 rings (SSSR count). The lowest BCUT2D eigenvalue weighted by molar-refractivity contribution is 0.0730. The van der Waals surface area contributed by atoms with Gasteiger partial charge in [-0.25, -0.2) is 13.4 Å². The minimum atomic E-state index is -3.51. The fourth-order valence-electron chi connectivity index (χ4n) is 3.43. The van der Waals surface area contributed by atoms with Crippen LogP contribution in [0.15, 0.2) is 58.6 Å². The smallest absolute Gasteiger partial charge is 0.243 e. The highest BCUT2D eigenvalue weighted by molar-refractivity contribution is 7.99. The van der Waals surface area contributed by atoms with Crippen molar-refractivity contribution in [3.05, 3.63) is 54.1 Å². The highest BCUT2D eigenvalue weighted by Crippen LogP contribution is 2.28. The third-order valence-corrected chi connectivity index (χ3v) is 7.70. The molecule has 1 fully saturated rings. The molecular weight excluding hydrogens is 406 g/mol. The van der Waals surface area contributed by atoms with E-state index in [4.69, 9.17) is 9.72 Å². The van der Waals surface area contributed by atoms with E-state index in [0.29, 0.717) is 43.0 Å². The van der Waals surface area contributed by atoms with Gasteiger partial charge in [0.1, 0.15) is 0 Å². The van der Waals surface area contributed by atoms with Crippen molar-refractivity contribution >= 4 is 32.8 Å². The van der Waals surface area contributed by atoms with Gasteiger partial charge in [-0.1, -0.05) is 49.9 Å². The highest BCUT2D eigenvalue weighted by Gasteiger charge is 2.26. The van der Waals surface area contributed by atoms with Crippen LogP contribution < -0.4 is 0 Å². The summed E-state index contributed by atoms with van der Waals surface area (Å²) in [5.41, 5.74) is 2.94. The first-order valence-electron chi connectivity index (χ1n) is 9.74. The number of sulfonamides is 1. The topological polar surface area (TPSA) is 64.4 Å². The molecule has 1 aliphatic rings. The molecule has 154 valence electrons. The molecule has 2 heterocycles. The molecule has 0 bridgehead atoms. The van der Waals surface area contributed by atoms with Gasteiger partial charge in [0.05, 0.1) is 35.7 Å². The van der Waals surface area contributed by atoms with Crippen LogP contribution in [0.4, 0.5) is 0 Å². The maximum Gasteiger partial charge on any atom is 0.243 e. The molecule has 2 aromatic carbocycles. The maximum absolute atomic E-state index is 13.0. The van der Waals surface area contributed by atoms with Crippen LogP contribution in [0.2, 0.25) is 0 Å². The largest absolute Gasteiger partial charge is 0.379 e. The lowest BCUT2D eigenvalue weighted by atomic mass is 10.2. The average molecular weight is 432 g/mol. The van der Waals surface area contributed by atoms with Crippen molar-refractivity contribution in [3.8, 4) is 0 Å². The number of morpholine rings is 1. The number of imidazole rings is 1. The van der Waals surface area contributed by atoms with Crippen molar-refractivity contribution in [3.63, 3.8) is 0 Å². The molecule has 1 aromatic heterocycles. The minimum absolute atomic E-state index is 0.333. The standard InChI is InChI=1S/C21H25N3O3S2/c1-16(2)28-21-22-19-8-3-4-9-20(19)24(21)15-17-6-5-7-18(14-17)29(25,26)23-10-12-27-13-11-23/h3-9,14,16H,10-13,15H2,1-2H3. The Morgan fingerprint density at radius 2 is 1.86 bits per heavy atom. The van der Waals surface area contributed by atoms with Crippen molar-refractivity contribution in [2.24, 2.45) is 0 Å². The molecule has 1 aliphatic heterocycles. The Bertz CT molecular complexity index is 1100. The van der Waals surface area contributed by atoms with Crippen LogP contribution in [0.25, 0.3) is 11.0 Å². The molecule has 29 heavy (non-hydrogen) atoms. The van der Waals surface area contributed by atoms with E-state index in [1.807, 2.05) is 30.3 Å². The van der Waals surface area contributed by atoms with Crippen LogP contribution in [-0.2, 0) is 21.3 Å². The van der Waals surface area contributed by atoms with Gasteiger partial charge in [-0.2, -0.15) is 4.31 Å². The zero-order chi connectivity index (χ0) is 20.4. The summed E-state index contributed by atoms with van der Waals surface area (Å²) in [5, 5.41) is 1.35. The van der Waals surface area contributed by atoms with Gasteiger partial charge < -0.3 is 9.30 Å². The molecule has 0 unspecified atom stereocenters. The van der Waals surface area contributed by atoms with Crippen LogP contribution in [0.5, 0.6) is 0 Å². The van der Waals surface area contributed by atoms with Gasteiger partial charge in [-0.05, 0) is 29.8 Å². The van der Waals surface area contributed by atoms with E-state index in [-0.39, 0.29) is 0 Å². The number of hydrogen-bond donors (Lipinski definition) is 0. The summed E-state index contributed by atoms with van der Waals surface area (Å²) < 4.78 is 35.0. The van der Waals surface area contributed by atoms with E-state index in [1.54, 1.807) is 23.9 Å². The van der Waals surface area contributed by atoms with Crippen LogP contribution in [-0.4, -0.2) is 53.8 Å². The predicted molar refractivity (Wildman–Crippen MR) is 116 cm³/mol. The molecule has 3 aromatic rings. The van der Waals surface area contributed by atoms with Gasteiger partial charge in [-0.15, -0.1) is 0 Å². The maximum atomic E-state index is 13.0. The fourth-order valence-corrected chi connectivity index (χ4v) is 5.77. The molecule has 0 amide bonds. The summed E-state index contributed by atoms with van der Waals surface area (Å²) in [6.45, 7) is 6.53. The van der Waals surface area contributed by atoms with Crippen LogP contribution in [0.3, 0.4) is 0 Å². The predicted octanol–water partition coefficient (Wildman–Crippen LogP) is 3.61. The Hall–Kier alpha value is -1.87. The minimum Gasteiger partial charge on any atom is -0.379 e. The zero-order valence-corrected chi connectivity index (χ0v) is 18.2. The van der Waals surface area contributed by atoms with Crippen molar-refractivity contribution in [2.45, 2.75) is 35.7 Å². The molecule has 0 saturated carbocycles. The Morgan fingerprint density at radius 3 is 2.62 bits per heavy atom. The Kier molecular flexibility index (Phi) is 5.96. The highest BCUT2D eigenvalue weighted by atomic mass is 32.2. The molecule has 0 aliphatic carbocycles. The number of nitrogens with zero attached hydrogens (tertiary/aromatic N) is 3. The molecule has 0 atom stereocenters. The quantitative estimate of drug-likeness (QED) is 0.558. The summed E-state index contributed by atoms with van der Waals surface area (Å²) in [4.78, 5) is 5.11. The van der Waals surface area contributed by atoms with Gasteiger partial charge >= 0.3 is 0 Å². The summed E-state index contributed by atoms with van der Waals surface area (Å²) >= 11 is 1.71. The van der Waals surface area contributed by atoms with Gasteiger partial charge in [-0.3, -0.25) is 0 Å². The first kappa shape index (κ1) is 20.4. The molecule has 1 saturated heterocycles. The third kappa shape index (κ3) is 4.35. The van der Waals surface area contributed by atoms with Crippen molar-refractivity contribution < 1.29 is 13.2 Å². The summed E-state index contributed by atoms with van der Waals surface area (Å²) in [6.07, 6.45) is 0. The number of rotatable bonds is 6. The van der Waals surface area contributed by atoms with E-state index >= 15 is 0 Å². The molecule has 6 nitrogen and oxygen atoms in total. The van der Waals surface area contributed by atoms with Crippen LogP contribution in [0, 0.1) is 0 Å². The zero-order valence-electron chi connectivity index (χ0n) is 16.6. The second kappa shape index (κ2) is 8.47. The normalized spacial score (nSPS) is 16.0. The van der Waals surface area contributed by atoms with E-state index in [2.05, 4.69) is 24.5 Å². The number of para-hydroxylation sites is 2. The monoisotopic (exact) mass is 431 g/mol. The third-order valence-electron chi connectivity index (χ3n) is 4.81. The average Bonchev–Trinajstić information content (AvgIpc) is 3.05. The number of fused-ring (bicyclic) bond motifs is 1. The molecule has 0 radical (unpaired) electrons. The van der Waals surface area contributed by atoms with Gasteiger partial charge in [0.15, 0.2) is 5.16 Å². The molecular formula is C21H25N3O3S2. The molecule has 0 N–H and O–H groups in total. The molecule has 0 spiro atoms. The second-order valence-corrected chi connectivity index (χ2v) is 10.8. The number of thioether (sulfide) groups is 1. The fraction of sp³-hybridized carbons (Fsp3) is 0.381. The van der Waals surface area contributed by atoms with Crippen molar-refractivity contribution in [2.75, 3.05) is 26.3 Å². The van der Waals surface area contributed by atoms with Gasteiger partial charge in [0.2, 0.25) is 10.0 Å². The van der Waals surface area contributed by atoms with E-state index in [0.717, 1.165) is 21.8 Å². The SMILES string of the molecule is CC(C)Sc1nc2ccccc2n1Cc1cccc(S(=O)(=O)N2CCOCC2)c1. The number of aromatic nitrogens is 2.